The molecule has 1 aliphatic heterocycles. The summed E-state index contributed by atoms with van der Waals surface area (Å²) in [6.07, 6.45) is 3.06. The van der Waals surface area contributed by atoms with E-state index >= 15 is 0 Å². The molecule has 1 atom stereocenters. The summed E-state index contributed by atoms with van der Waals surface area (Å²) in [5.74, 6) is -1.88. The number of nitrogens with two attached hydrogens (primary N) is 1. The zero-order valence-corrected chi connectivity index (χ0v) is 14.5. The van der Waals surface area contributed by atoms with Crippen molar-refractivity contribution in [3.63, 3.8) is 0 Å². The number of ether oxygens (including phenoxy) is 3. The van der Waals surface area contributed by atoms with E-state index in [1.807, 2.05) is 0 Å². The average molecular weight is 374 g/mol. The molecule has 0 spiro atoms. The predicted molar refractivity (Wildman–Crippen MR) is 91.7 cm³/mol. The fourth-order valence-electron chi connectivity index (χ4n) is 2.74. The van der Waals surface area contributed by atoms with Gasteiger partial charge in [0.15, 0.2) is 5.76 Å². The minimum atomic E-state index is -0.856. The Morgan fingerprint density at radius 2 is 2.07 bits per heavy atom. The number of aromatic nitrogens is 1. The molecule has 27 heavy (non-hydrogen) atoms. The maximum atomic E-state index is 12.6. The molecular formula is C18H18N2O7. The number of hydrogen-bond acceptors (Lipinski definition) is 9. The number of aliphatic hydroxyl groups excluding tert-OH is 1. The third-order valence-corrected chi connectivity index (χ3v) is 3.94. The third-order valence-electron chi connectivity index (χ3n) is 3.94. The lowest BCUT2D eigenvalue weighted by Gasteiger charge is -2.26. The van der Waals surface area contributed by atoms with Crippen molar-refractivity contribution >= 4 is 5.97 Å². The Kier molecular flexibility index (Phi) is 5.53. The van der Waals surface area contributed by atoms with Gasteiger partial charge in [-0.15, -0.1) is 0 Å². The minimum Gasteiger partial charge on any atom is -0.460 e. The van der Waals surface area contributed by atoms with Gasteiger partial charge in [0.1, 0.15) is 24.5 Å². The van der Waals surface area contributed by atoms with E-state index in [0.29, 0.717) is 5.56 Å². The van der Waals surface area contributed by atoms with Crippen LogP contribution >= 0.6 is 0 Å². The van der Waals surface area contributed by atoms with Crippen LogP contribution in [0.3, 0.4) is 0 Å². The van der Waals surface area contributed by atoms with Crippen molar-refractivity contribution in [2.75, 3.05) is 20.3 Å². The molecule has 1 aliphatic rings. The zero-order valence-electron chi connectivity index (χ0n) is 14.5. The summed E-state index contributed by atoms with van der Waals surface area (Å²) in [6, 6.07) is 4.42. The first kappa shape index (κ1) is 18.6. The van der Waals surface area contributed by atoms with Gasteiger partial charge in [0.25, 0.3) is 0 Å². The van der Waals surface area contributed by atoms with Crippen LogP contribution in [0, 0.1) is 0 Å². The SMILES string of the molecule is COCCOC(=O)C1=C(N)Oc2c(oc(CO)cc2=O)[C@H]1c1ccncc1. The van der Waals surface area contributed by atoms with Gasteiger partial charge in [0.2, 0.25) is 17.1 Å². The van der Waals surface area contributed by atoms with E-state index in [9.17, 15) is 14.7 Å². The summed E-state index contributed by atoms with van der Waals surface area (Å²) in [6.45, 7) is -0.263. The number of esters is 1. The van der Waals surface area contributed by atoms with E-state index < -0.39 is 23.9 Å². The van der Waals surface area contributed by atoms with Crippen molar-refractivity contribution in [3.05, 3.63) is 69.4 Å². The van der Waals surface area contributed by atoms with Crippen LogP contribution in [0.15, 0.2) is 51.3 Å². The molecule has 3 N–H and O–H groups in total. The Balaban J connectivity index is 2.14. The van der Waals surface area contributed by atoms with Crippen molar-refractivity contribution < 1.29 is 28.5 Å². The maximum absolute atomic E-state index is 12.6. The summed E-state index contributed by atoms with van der Waals surface area (Å²) in [7, 11) is 1.48. The fourth-order valence-corrected chi connectivity index (χ4v) is 2.74. The van der Waals surface area contributed by atoms with Crippen LogP contribution in [-0.4, -0.2) is 36.4 Å². The number of pyridine rings is 1. The second-order valence-electron chi connectivity index (χ2n) is 5.65. The lowest BCUT2D eigenvalue weighted by molar-refractivity contribution is -0.140. The lowest BCUT2D eigenvalue weighted by atomic mass is 9.87. The molecule has 0 radical (unpaired) electrons. The molecule has 0 saturated carbocycles. The van der Waals surface area contributed by atoms with Crippen molar-refractivity contribution in [2.24, 2.45) is 5.73 Å². The zero-order chi connectivity index (χ0) is 19.4. The topological polar surface area (TPSA) is 134 Å². The quantitative estimate of drug-likeness (QED) is 0.544. The standard InChI is InChI=1S/C18H18N2O7/c1-24-6-7-25-18(23)14-13(10-2-4-20-5-3-10)16-15(27-17(14)19)12(22)8-11(9-21)26-16/h2-5,8,13,21H,6-7,9,19H2,1H3/t13-/m0/s1. The Hall–Kier alpha value is -3.17. The molecule has 9 nitrogen and oxygen atoms in total. The molecule has 0 aliphatic carbocycles. The van der Waals surface area contributed by atoms with Gasteiger partial charge < -0.3 is 29.5 Å². The number of carbonyl (C=O) groups is 1. The number of nitrogens with zero attached hydrogens (tertiary/aromatic N) is 1. The smallest absolute Gasteiger partial charge is 0.340 e. The van der Waals surface area contributed by atoms with E-state index in [0.717, 1.165) is 6.07 Å². The number of aliphatic hydroxyl groups is 1. The van der Waals surface area contributed by atoms with Crippen LogP contribution in [-0.2, 0) is 20.9 Å². The summed E-state index contributed by atoms with van der Waals surface area (Å²) >= 11 is 0. The van der Waals surface area contributed by atoms with Crippen LogP contribution in [0.5, 0.6) is 5.75 Å². The highest BCUT2D eigenvalue weighted by atomic mass is 16.6. The van der Waals surface area contributed by atoms with Crippen molar-refractivity contribution in [1.82, 2.24) is 4.98 Å². The highest BCUT2D eigenvalue weighted by Gasteiger charge is 2.39. The summed E-state index contributed by atoms with van der Waals surface area (Å²) in [5.41, 5.74) is 6.01. The lowest BCUT2D eigenvalue weighted by Crippen LogP contribution is -2.30. The van der Waals surface area contributed by atoms with Gasteiger partial charge in [-0.3, -0.25) is 9.78 Å². The van der Waals surface area contributed by atoms with Gasteiger partial charge in [-0.1, -0.05) is 0 Å². The van der Waals surface area contributed by atoms with Crippen molar-refractivity contribution in [1.29, 1.82) is 0 Å². The highest BCUT2D eigenvalue weighted by Crippen LogP contribution is 2.41. The van der Waals surface area contributed by atoms with Crippen molar-refractivity contribution in [3.8, 4) is 5.75 Å². The number of carbonyl (C=O) groups excluding carboxylic acids is 1. The first-order valence-electron chi connectivity index (χ1n) is 8.08. The van der Waals surface area contributed by atoms with Gasteiger partial charge >= 0.3 is 5.97 Å². The number of fused-ring (bicyclic) bond motifs is 1. The molecule has 0 bridgehead atoms. The molecule has 0 unspecified atom stereocenters. The number of rotatable bonds is 6. The molecule has 142 valence electrons. The first-order valence-corrected chi connectivity index (χ1v) is 8.08. The van der Waals surface area contributed by atoms with Crippen molar-refractivity contribution in [2.45, 2.75) is 12.5 Å². The molecule has 3 rings (SSSR count). The van der Waals surface area contributed by atoms with Gasteiger partial charge in [-0.05, 0) is 17.7 Å². The molecular weight excluding hydrogens is 356 g/mol. The Labute approximate surface area is 154 Å². The van der Waals surface area contributed by atoms with Gasteiger partial charge in [-0.2, -0.15) is 0 Å². The normalized spacial score (nSPS) is 15.9. The van der Waals surface area contributed by atoms with E-state index in [-0.39, 0.29) is 41.9 Å². The molecule has 2 aromatic heterocycles. The van der Waals surface area contributed by atoms with E-state index in [4.69, 9.17) is 24.4 Å². The Bertz CT molecular complexity index is 921. The molecule has 0 saturated heterocycles. The molecule has 0 fully saturated rings. The third kappa shape index (κ3) is 3.69. The average Bonchev–Trinajstić information content (AvgIpc) is 2.68. The molecule has 0 amide bonds. The monoisotopic (exact) mass is 374 g/mol. The first-order chi connectivity index (χ1) is 13.1. The van der Waals surface area contributed by atoms with E-state index in [1.54, 1.807) is 12.1 Å². The minimum absolute atomic E-state index is 0.0111. The van der Waals surface area contributed by atoms with Gasteiger partial charge in [-0.25, -0.2) is 4.79 Å². The molecule has 9 heteroatoms. The van der Waals surface area contributed by atoms with Gasteiger partial charge in [0.05, 0.1) is 12.5 Å². The summed E-state index contributed by atoms with van der Waals surface area (Å²) in [5, 5.41) is 9.37. The Morgan fingerprint density at radius 3 is 2.74 bits per heavy atom. The maximum Gasteiger partial charge on any atom is 0.340 e. The second-order valence-corrected chi connectivity index (χ2v) is 5.65. The molecule has 3 heterocycles. The van der Waals surface area contributed by atoms with Crippen LogP contribution in [0.1, 0.15) is 23.0 Å². The van der Waals surface area contributed by atoms with Crippen LogP contribution in [0.2, 0.25) is 0 Å². The van der Waals surface area contributed by atoms with Crippen LogP contribution in [0.25, 0.3) is 0 Å². The Morgan fingerprint density at radius 1 is 1.33 bits per heavy atom. The summed E-state index contributed by atoms with van der Waals surface area (Å²) in [4.78, 5) is 28.9. The summed E-state index contributed by atoms with van der Waals surface area (Å²) < 4.78 is 21.1. The highest BCUT2D eigenvalue weighted by molar-refractivity contribution is 5.92. The fraction of sp³-hybridized carbons (Fsp3) is 0.278. The van der Waals surface area contributed by atoms with E-state index in [1.165, 1.54) is 19.5 Å². The molecule has 2 aromatic rings. The second kappa shape index (κ2) is 8.02. The number of methoxy groups -OCH3 is 1. The molecule has 0 aromatic carbocycles. The number of hydrogen-bond donors (Lipinski definition) is 2. The van der Waals surface area contributed by atoms with Crippen LogP contribution < -0.4 is 15.9 Å². The van der Waals surface area contributed by atoms with Crippen LogP contribution in [0.4, 0.5) is 0 Å². The van der Waals surface area contributed by atoms with Gasteiger partial charge in [0, 0.05) is 25.6 Å². The predicted octanol–water partition coefficient (Wildman–Crippen LogP) is 0.411. The van der Waals surface area contributed by atoms with E-state index in [2.05, 4.69) is 4.98 Å². The largest absolute Gasteiger partial charge is 0.460 e.